The Labute approximate surface area is 144 Å². The molecular weight excluding hydrogens is 302 g/mol. The van der Waals surface area contributed by atoms with Crippen molar-refractivity contribution in [1.82, 2.24) is 4.90 Å². The van der Waals surface area contributed by atoms with Crippen LogP contribution in [0.5, 0.6) is 5.75 Å². The van der Waals surface area contributed by atoms with Crippen molar-refractivity contribution in [2.24, 2.45) is 4.99 Å². The first-order chi connectivity index (χ1) is 11.7. The molecule has 1 heterocycles. The van der Waals surface area contributed by atoms with Crippen LogP contribution in [0.15, 0.2) is 35.0 Å². The number of hydrogen-bond donors (Lipinski definition) is 1. The molecule has 1 amide bonds. The smallest absolute Gasteiger partial charge is 0.257 e. The number of carbonyl (C=O) groups is 1. The molecule has 0 radical (unpaired) electrons. The summed E-state index contributed by atoms with van der Waals surface area (Å²) in [6.45, 7) is 8.77. The first-order valence-corrected chi connectivity index (χ1v) is 8.68. The Bertz CT molecular complexity index is 621. The summed E-state index contributed by atoms with van der Waals surface area (Å²) in [6, 6.07) is 5.66. The van der Waals surface area contributed by atoms with Crippen molar-refractivity contribution in [1.29, 1.82) is 0 Å². The van der Waals surface area contributed by atoms with E-state index < -0.39 is 0 Å². The molecule has 0 bridgehead atoms. The number of anilines is 1. The lowest BCUT2D eigenvalue weighted by molar-refractivity contribution is 0.0753. The standard InChI is InChI=1S/C19H27N3O2/c1-4-7-10-22-11-12-24-18-9-8-16(13-17(18)19(22)23)21-15(5-2)14-20-6-3/h5,8-9,13-14,21H,4,6-7,10-12H2,1-3H3/b15-5+,20-14?. The second-order valence-corrected chi connectivity index (χ2v) is 5.70. The van der Waals surface area contributed by atoms with Crippen LogP contribution < -0.4 is 10.1 Å². The normalized spacial score (nSPS) is 15.2. The summed E-state index contributed by atoms with van der Waals surface area (Å²) < 4.78 is 5.75. The molecule has 0 saturated carbocycles. The number of nitrogens with one attached hydrogen (secondary N) is 1. The Balaban J connectivity index is 2.21. The van der Waals surface area contributed by atoms with Crippen LogP contribution in [0.3, 0.4) is 0 Å². The van der Waals surface area contributed by atoms with Crippen LogP contribution in [0, 0.1) is 0 Å². The van der Waals surface area contributed by atoms with Gasteiger partial charge in [0.05, 0.1) is 17.8 Å². The van der Waals surface area contributed by atoms with Crippen LogP contribution >= 0.6 is 0 Å². The van der Waals surface area contributed by atoms with Gasteiger partial charge in [-0.2, -0.15) is 0 Å². The highest BCUT2D eigenvalue weighted by molar-refractivity contribution is 5.98. The fourth-order valence-electron chi connectivity index (χ4n) is 2.54. The molecule has 2 rings (SSSR count). The Morgan fingerprint density at radius 3 is 2.96 bits per heavy atom. The molecule has 0 fully saturated rings. The first-order valence-electron chi connectivity index (χ1n) is 8.68. The second kappa shape index (κ2) is 9.11. The molecule has 1 aromatic rings. The Hall–Kier alpha value is -2.30. The van der Waals surface area contributed by atoms with Gasteiger partial charge in [0, 0.05) is 25.0 Å². The van der Waals surface area contributed by atoms with Crippen molar-refractivity contribution in [3.05, 3.63) is 35.5 Å². The van der Waals surface area contributed by atoms with Gasteiger partial charge in [0.15, 0.2) is 0 Å². The minimum atomic E-state index is 0.0452. The van der Waals surface area contributed by atoms with Crippen LogP contribution in [0.4, 0.5) is 5.69 Å². The fraction of sp³-hybridized carbons (Fsp3) is 0.474. The molecule has 0 aromatic heterocycles. The number of benzene rings is 1. The Morgan fingerprint density at radius 1 is 1.42 bits per heavy atom. The Kier molecular flexibility index (Phi) is 6.85. The number of fused-ring (bicyclic) bond motifs is 1. The van der Waals surface area contributed by atoms with Crippen LogP contribution in [-0.4, -0.2) is 43.3 Å². The molecule has 0 atom stereocenters. The lowest BCUT2D eigenvalue weighted by atomic mass is 10.1. The van der Waals surface area contributed by atoms with Gasteiger partial charge < -0.3 is 15.0 Å². The van der Waals surface area contributed by atoms with E-state index in [2.05, 4.69) is 17.2 Å². The molecule has 1 aromatic carbocycles. The van der Waals surface area contributed by atoms with E-state index in [4.69, 9.17) is 4.74 Å². The number of amides is 1. The van der Waals surface area contributed by atoms with Gasteiger partial charge in [0.1, 0.15) is 12.4 Å². The molecule has 0 aliphatic carbocycles. The molecule has 5 heteroatoms. The van der Waals surface area contributed by atoms with E-state index in [1.807, 2.05) is 43.0 Å². The molecule has 5 nitrogen and oxygen atoms in total. The van der Waals surface area contributed by atoms with Crippen molar-refractivity contribution >= 4 is 17.8 Å². The van der Waals surface area contributed by atoms with E-state index in [1.165, 1.54) is 0 Å². The van der Waals surface area contributed by atoms with E-state index in [0.29, 0.717) is 24.5 Å². The summed E-state index contributed by atoms with van der Waals surface area (Å²) in [4.78, 5) is 18.9. The van der Waals surface area contributed by atoms with Gasteiger partial charge in [-0.1, -0.05) is 19.4 Å². The summed E-state index contributed by atoms with van der Waals surface area (Å²) in [6.07, 6.45) is 5.84. The quantitative estimate of drug-likeness (QED) is 0.776. The minimum Gasteiger partial charge on any atom is -0.491 e. The fourth-order valence-corrected chi connectivity index (χ4v) is 2.54. The van der Waals surface area contributed by atoms with Crippen LogP contribution in [0.25, 0.3) is 0 Å². The van der Waals surface area contributed by atoms with Gasteiger partial charge in [0.25, 0.3) is 5.91 Å². The predicted molar refractivity (Wildman–Crippen MR) is 99.2 cm³/mol. The zero-order valence-electron chi connectivity index (χ0n) is 14.8. The van der Waals surface area contributed by atoms with E-state index in [-0.39, 0.29) is 5.91 Å². The number of nitrogens with zero attached hydrogens (tertiary/aromatic N) is 2. The number of carbonyl (C=O) groups excluding carboxylic acids is 1. The van der Waals surface area contributed by atoms with Crippen molar-refractivity contribution in [3.63, 3.8) is 0 Å². The van der Waals surface area contributed by atoms with Crippen molar-refractivity contribution in [2.75, 3.05) is 31.6 Å². The second-order valence-electron chi connectivity index (χ2n) is 5.70. The summed E-state index contributed by atoms with van der Waals surface area (Å²) >= 11 is 0. The largest absolute Gasteiger partial charge is 0.491 e. The SMILES string of the molecule is C/C=C(\C=NCC)Nc1ccc2c(c1)C(=O)N(CCCC)CCO2. The highest BCUT2D eigenvalue weighted by atomic mass is 16.5. The average molecular weight is 329 g/mol. The third-order valence-electron chi connectivity index (χ3n) is 3.91. The van der Waals surface area contributed by atoms with E-state index >= 15 is 0 Å². The zero-order valence-corrected chi connectivity index (χ0v) is 14.8. The first kappa shape index (κ1) is 18.0. The van der Waals surface area contributed by atoms with Gasteiger partial charge in [-0.15, -0.1) is 0 Å². The maximum absolute atomic E-state index is 12.8. The lowest BCUT2D eigenvalue weighted by Crippen LogP contribution is -2.33. The Morgan fingerprint density at radius 2 is 2.25 bits per heavy atom. The van der Waals surface area contributed by atoms with Crippen LogP contribution in [0.1, 0.15) is 44.0 Å². The number of aliphatic imine (C=N–C) groups is 1. The lowest BCUT2D eigenvalue weighted by Gasteiger charge is -2.19. The third kappa shape index (κ3) is 4.60. The minimum absolute atomic E-state index is 0.0452. The van der Waals surface area contributed by atoms with Gasteiger partial charge in [-0.05, 0) is 38.5 Å². The summed E-state index contributed by atoms with van der Waals surface area (Å²) in [5.41, 5.74) is 2.39. The molecule has 1 aliphatic rings. The number of rotatable bonds is 7. The van der Waals surface area contributed by atoms with E-state index in [9.17, 15) is 4.79 Å². The monoisotopic (exact) mass is 329 g/mol. The molecular formula is C19H27N3O2. The molecule has 1 N–H and O–H groups in total. The van der Waals surface area contributed by atoms with Gasteiger partial charge in [-0.25, -0.2) is 0 Å². The van der Waals surface area contributed by atoms with Crippen LogP contribution in [-0.2, 0) is 0 Å². The highest BCUT2D eigenvalue weighted by Crippen LogP contribution is 2.27. The molecule has 1 aliphatic heterocycles. The van der Waals surface area contributed by atoms with E-state index in [0.717, 1.165) is 37.3 Å². The molecule has 0 unspecified atom stereocenters. The van der Waals surface area contributed by atoms with Crippen molar-refractivity contribution in [2.45, 2.75) is 33.6 Å². The molecule has 0 saturated heterocycles. The van der Waals surface area contributed by atoms with Gasteiger partial charge >= 0.3 is 0 Å². The highest BCUT2D eigenvalue weighted by Gasteiger charge is 2.23. The predicted octanol–water partition coefficient (Wildman–Crippen LogP) is 3.73. The van der Waals surface area contributed by atoms with Gasteiger partial charge in [0.2, 0.25) is 0 Å². The molecule has 0 spiro atoms. The average Bonchev–Trinajstić information content (AvgIpc) is 2.76. The maximum atomic E-state index is 12.8. The molecule has 130 valence electrons. The third-order valence-corrected chi connectivity index (χ3v) is 3.91. The zero-order chi connectivity index (χ0) is 17.4. The topological polar surface area (TPSA) is 53.9 Å². The number of hydrogen-bond acceptors (Lipinski definition) is 4. The van der Waals surface area contributed by atoms with Crippen LogP contribution in [0.2, 0.25) is 0 Å². The van der Waals surface area contributed by atoms with E-state index in [1.54, 1.807) is 6.21 Å². The summed E-state index contributed by atoms with van der Waals surface area (Å²) in [7, 11) is 0. The van der Waals surface area contributed by atoms with Crippen molar-refractivity contribution < 1.29 is 9.53 Å². The number of allylic oxidation sites excluding steroid dienone is 2. The maximum Gasteiger partial charge on any atom is 0.257 e. The molecule has 24 heavy (non-hydrogen) atoms. The summed E-state index contributed by atoms with van der Waals surface area (Å²) in [5, 5.41) is 3.30. The number of ether oxygens (including phenoxy) is 1. The van der Waals surface area contributed by atoms with Gasteiger partial charge in [-0.3, -0.25) is 9.79 Å². The number of unbranched alkanes of at least 4 members (excludes halogenated alkanes) is 1. The summed E-state index contributed by atoms with van der Waals surface area (Å²) in [5.74, 6) is 0.706. The van der Waals surface area contributed by atoms with Crippen molar-refractivity contribution in [3.8, 4) is 5.75 Å².